The zero-order valence-corrected chi connectivity index (χ0v) is 11.1. The average molecular weight is 267 g/mol. The summed E-state index contributed by atoms with van der Waals surface area (Å²) in [5, 5.41) is 0.888. The fourth-order valence-electron chi connectivity index (χ4n) is 2.48. The van der Waals surface area contributed by atoms with Crippen molar-refractivity contribution in [2.75, 3.05) is 0 Å². The lowest BCUT2D eigenvalue weighted by Gasteiger charge is -2.02. The molecule has 0 amide bonds. The van der Waals surface area contributed by atoms with Crippen molar-refractivity contribution in [3.63, 3.8) is 0 Å². The number of H-pyrrole nitrogens is 1. The molecule has 1 N–H and O–H groups in total. The smallest absolute Gasteiger partial charge is 0.195 e. The molecule has 100 valence electrons. The molecule has 2 aromatic carbocycles. The van der Waals surface area contributed by atoms with Crippen LogP contribution in [0.15, 0.2) is 48.7 Å². The van der Waals surface area contributed by atoms with Gasteiger partial charge in [0.15, 0.2) is 5.78 Å². The van der Waals surface area contributed by atoms with Gasteiger partial charge in [0.1, 0.15) is 5.82 Å². The summed E-state index contributed by atoms with van der Waals surface area (Å²) >= 11 is 0. The molecule has 0 fully saturated rings. The highest BCUT2D eigenvalue weighted by Crippen LogP contribution is 2.24. The number of benzene rings is 2. The van der Waals surface area contributed by atoms with Crippen LogP contribution in [0.2, 0.25) is 0 Å². The maximum absolute atomic E-state index is 13.2. The van der Waals surface area contributed by atoms with Gasteiger partial charge in [0, 0.05) is 28.2 Å². The molecule has 1 aromatic heterocycles. The highest BCUT2D eigenvalue weighted by atomic mass is 19.1. The number of fused-ring (bicyclic) bond motifs is 1. The van der Waals surface area contributed by atoms with E-state index in [0.29, 0.717) is 11.1 Å². The van der Waals surface area contributed by atoms with Crippen LogP contribution in [0, 0.1) is 5.82 Å². The van der Waals surface area contributed by atoms with Crippen molar-refractivity contribution in [1.29, 1.82) is 0 Å². The maximum Gasteiger partial charge on any atom is 0.195 e. The highest BCUT2D eigenvalue weighted by molar-refractivity contribution is 6.16. The lowest BCUT2D eigenvalue weighted by Crippen LogP contribution is -2.00. The number of para-hydroxylation sites is 1. The number of ketones is 1. The van der Waals surface area contributed by atoms with Crippen molar-refractivity contribution in [3.8, 4) is 0 Å². The molecule has 0 aliphatic heterocycles. The third kappa shape index (κ3) is 2.01. The first kappa shape index (κ1) is 12.6. The van der Waals surface area contributed by atoms with E-state index >= 15 is 0 Å². The Labute approximate surface area is 116 Å². The van der Waals surface area contributed by atoms with Gasteiger partial charge in [0.05, 0.1) is 0 Å². The molecule has 3 heteroatoms. The van der Waals surface area contributed by atoms with Crippen molar-refractivity contribution in [2.24, 2.45) is 0 Å². The molecule has 3 aromatic rings. The summed E-state index contributed by atoms with van der Waals surface area (Å²) < 4.78 is 13.2. The van der Waals surface area contributed by atoms with Gasteiger partial charge in [-0.1, -0.05) is 37.3 Å². The predicted octanol–water partition coefficient (Wildman–Crippen LogP) is 4.10. The first-order chi connectivity index (χ1) is 9.70. The van der Waals surface area contributed by atoms with E-state index in [9.17, 15) is 9.18 Å². The zero-order chi connectivity index (χ0) is 14.1. The minimum Gasteiger partial charge on any atom is -0.360 e. The van der Waals surface area contributed by atoms with E-state index in [1.165, 1.54) is 17.7 Å². The first-order valence-electron chi connectivity index (χ1n) is 6.60. The molecule has 3 rings (SSSR count). The number of nitrogens with one attached hydrogen (secondary N) is 1. The minimum absolute atomic E-state index is 0.163. The molecule has 0 saturated carbocycles. The normalized spacial score (nSPS) is 10.9. The molecule has 1 heterocycles. The van der Waals surface area contributed by atoms with Crippen molar-refractivity contribution >= 4 is 16.7 Å². The van der Waals surface area contributed by atoms with Gasteiger partial charge in [0.2, 0.25) is 0 Å². The van der Waals surface area contributed by atoms with Crippen molar-refractivity contribution in [2.45, 2.75) is 13.3 Å². The first-order valence-corrected chi connectivity index (χ1v) is 6.60. The van der Waals surface area contributed by atoms with E-state index in [2.05, 4.69) is 11.9 Å². The van der Waals surface area contributed by atoms with Gasteiger partial charge in [-0.05, 0) is 24.1 Å². The van der Waals surface area contributed by atoms with Crippen LogP contribution in [0.5, 0.6) is 0 Å². The van der Waals surface area contributed by atoms with Gasteiger partial charge in [-0.15, -0.1) is 0 Å². The van der Waals surface area contributed by atoms with E-state index in [1.807, 2.05) is 18.2 Å². The fraction of sp³-hybridized carbons (Fsp3) is 0.118. The van der Waals surface area contributed by atoms with Gasteiger partial charge in [0.25, 0.3) is 0 Å². The van der Waals surface area contributed by atoms with Crippen molar-refractivity contribution in [1.82, 2.24) is 4.98 Å². The van der Waals surface area contributed by atoms with E-state index in [1.54, 1.807) is 18.3 Å². The molecule has 0 spiro atoms. The number of aryl methyl sites for hydroxylation is 1. The maximum atomic E-state index is 13.2. The summed E-state index contributed by atoms with van der Waals surface area (Å²) in [6, 6.07) is 11.7. The topological polar surface area (TPSA) is 32.9 Å². The Morgan fingerprint density at radius 2 is 2.00 bits per heavy atom. The third-order valence-electron chi connectivity index (χ3n) is 3.51. The number of hydrogen-bond donors (Lipinski definition) is 1. The number of aromatic nitrogens is 1. The predicted molar refractivity (Wildman–Crippen MR) is 77.5 cm³/mol. The third-order valence-corrected chi connectivity index (χ3v) is 3.51. The second-order valence-corrected chi connectivity index (χ2v) is 4.74. The quantitative estimate of drug-likeness (QED) is 0.712. The summed E-state index contributed by atoms with van der Waals surface area (Å²) in [6.45, 7) is 2.07. The molecular weight excluding hydrogens is 253 g/mol. The molecule has 20 heavy (non-hydrogen) atoms. The lowest BCUT2D eigenvalue weighted by atomic mass is 10.0. The van der Waals surface area contributed by atoms with Crippen LogP contribution >= 0.6 is 0 Å². The Hall–Kier alpha value is -2.42. The zero-order valence-electron chi connectivity index (χ0n) is 11.1. The van der Waals surface area contributed by atoms with E-state index < -0.39 is 5.82 Å². The Balaban J connectivity index is 2.13. The second-order valence-electron chi connectivity index (χ2n) is 4.74. The summed E-state index contributed by atoms with van der Waals surface area (Å²) in [6.07, 6.45) is 2.60. The van der Waals surface area contributed by atoms with Gasteiger partial charge < -0.3 is 4.98 Å². The SMILES string of the molecule is CCc1cccc2c(C(=O)c3cccc(F)c3)c[nH]c12. The van der Waals surface area contributed by atoms with E-state index in [0.717, 1.165) is 17.3 Å². The monoisotopic (exact) mass is 267 g/mol. The number of aromatic amines is 1. The van der Waals surface area contributed by atoms with Crippen LogP contribution in [0.4, 0.5) is 4.39 Å². The van der Waals surface area contributed by atoms with Gasteiger partial charge in [-0.25, -0.2) is 4.39 Å². The Morgan fingerprint density at radius 1 is 1.20 bits per heavy atom. The number of carbonyl (C=O) groups is 1. The number of rotatable bonds is 3. The lowest BCUT2D eigenvalue weighted by molar-refractivity contribution is 0.104. The number of carbonyl (C=O) groups excluding carboxylic acids is 1. The van der Waals surface area contributed by atoms with Gasteiger partial charge in [-0.3, -0.25) is 4.79 Å². The summed E-state index contributed by atoms with van der Waals surface area (Å²) in [5.74, 6) is -0.561. The van der Waals surface area contributed by atoms with Crippen molar-refractivity contribution in [3.05, 3.63) is 71.2 Å². The molecule has 0 aliphatic rings. The van der Waals surface area contributed by atoms with E-state index in [-0.39, 0.29) is 5.78 Å². The minimum atomic E-state index is -0.398. The second kappa shape index (κ2) is 4.93. The summed E-state index contributed by atoms with van der Waals surface area (Å²) in [5.41, 5.74) is 3.10. The molecule has 0 saturated heterocycles. The number of hydrogen-bond acceptors (Lipinski definition) is 1. The highest BCUT2D eigenvalue weighted by Gasteiger charge is 2.15. The average Bonchev–Trinajstić information content (AvgIpc) is 2.90. The Morgan fingerprint density at radius 3 is 2.75 bits per heavy atom. The Kier molecular flexibility index (Phi) is 3.11. The molecule has 0 aliphatic carbocycles. The van der Waals surface area contributed by atoms with Crippen LogP contribution in [0.3, 0.4) is 0 Å². The molecule has 0 radical (unpaired) electrons. The van der Waals surface area contributed by atoms with Crippen LogP contribution in [0.1, 0.15) is 28.4 Å². The summed E-state index contributed by atoms with van der Waals surface area (Å²) in [4.78, 5) is 15.6. The summed E-state index contributed by atoms with van der Waals surface area (Å²) in [7, 11) is 0. The standard InChI is InChI=1S/C17H14FNO/c1-2-11-5-4-8-14-15(10-19-16(11)14)17(20)12-6-3-7-13(18)9-12/h3-10,19H,2H2,1H3. The Bertz CT molecular complexity index is 789. The van der Waals surface area contributed by atoms with Gasteiger partial charge in [-0.2, -0.15) is 0 Å². The molecular formula is C17H14FNO. The molecule has 0 atom stereocenters. The van der Waals surface area contributed by atoms with Crippen LogP contribution in [-0.2, 0) is 6.42 Å². The van der Waals surface area contributed by atoms with E-state index in [4.69, 9.17) is 0 Å². The molecule has 2 nitrogen and oxygen atoms in total. The largest absolute Gasteiger partial charge is 0.360 e. The fourth-order valence-corrected chi connectivity index (χ4v) is 2.48. The van der Waals surface area contributed by atoms with Crippen LogP contribution < -0.4 is 0 Å². The van der Waals surface area contributed by atoms with Crippen LogP contribution in [0.25, 0.3) is 10.9 Å². The number of halogens is 1. The van der Waals surface area contributed by atoms with Gasteiger partial charge >= 0.3 is 0 Å². The molecule has 0 bridgehead atoms. The van der Waals surface area contributed by atoms with Crippen molar-refractivity contribution < 1.29 is 9.18 Å². The van der Waals surface area contributed by atoms with Crippen LogP contribution in [-0.4, -0.2) is 10.8 Å². The molecule has 0 unspecified atom stereocenters.